The van der Waals surface area contributed by atoms with Gasteiger partial charge in [-0.25, -0.2) is 4.68 Å². The van der Waals surface area contributed by atoms with E-state index in [1.807, 2.05) is 0 Å². The molecule has 2 heterocycles. The number of benzene rings is 1. The lowest BCUT2D eigenvalue weighted by Crippen LogP contribution is -2.50. The molecule has 0 spiro atoms. The van der Waals surface area contributed by atoms with Crippen molar-refractivity contribution < 1.29 is 24.8 Å². The van der Waals surface area contributed by atoms with E-state index in [0.717, 1.165) is 0 Å². The highest BCUT2D eigenvalue weighted by molar-refractivity contribution is 6.30. The van der Waals surface area contributed by atoms with Crippen LogP contribution in [0, 0.1) is 0 Å². The van der Waals surface area contributed by atoms with Crippen molar-refractivity contribution in [2.75, 3.05) is 6.61 Å². The highest BCUT2D eigenvalue weighted by atomic mass is 35.5. The van der Waals surface area contributed by atoms with Gasteiger partial charge in [0.05, 0.1) is 12.8 Å². The minimum Gasteiger partial charge on any atom is -0.487 e. The van der Waals surface area contributed by atoms with Crippen LogP contribution < -0.4 is 4.74 Å². The molecule has 3 rings (SSSR count). The fraction of sp³-hybridized carbons (Fsp3) is 0.429. The molecular formula is C14H16ClN3O5. The van der Waals surface area contributed by atoms with Gasteiger partial charge in [-0.15, -0.1) is 5.10 Å². The topological polar surface area (TPSA) is 110 Å². The lowest BCUT2D eigenvalue weighted by atomic mass is 10.0. The molecule has 1 fully saturated rings. The Balaban J connectivity index is 1.62. The first-order chi connectivity index (χ1) is 11.0. The molecule has 9 heteroatoms. The van der Waals surface area contributed by atoms with Gasteiger partial charge < -0.3 is 24.8 Å². The molecule has 23 heavy (non-hydrogen) atoms. The zero-order valence-electron chi connectivity index (χ0n) is 12.0. The Morgan fingerprint density at radius 2 is 1.96 bits per heavy atom. The summed E-state index contributed by atoms with van der Waals surface area (Å²) in [6.07, 6.45) is -3.09. The molecule has 1 aliphatic heterocycles. The monoisotopic (exact) mass is 341 g/mol. The maximum Gasteiger partial charge on any atom is 0.180 e. The summed E-state index contributed by atoms with van der Waals surface area (Å²) in [6, 6.07) is 6.90. The minimum atomic E-state index is -1.30. The molecule has 1 aliphatic rings. The Bertz CT molecular complexity index is 650. The summed E-state index contributed by atoms with van der Waals surface area (Å²) in [5.41, 5.74) is 0.524. The molecule has 0 saturated carbocycles. The van der Waals surface area contributed by atoms with E-state index in [2.05, 4.69) is 10.3 Å². The van der Waals surface area contributed by atoms with Crippen molar-refractivity contribution in [3.63, 3.8) is 0 Å². The summed E-state index contributed by atoms with van der Waals surface area (Å²) in [7, 11) is 0. The van der Waals surface area contributed by atoms with E-state index in [-0.39, 0.29) is 13.2 Å². The van der Waals surface area contributed by atoms with Crippen molar-refractivity contribution >= 4 is 11.6 Å². The number of rotatable bonds is 4. The van der Waals surface area contributed by atoms with Gasteiger partial charge in [0.25, 0.3) is 0 Å². The Morgan fingerprint density at radius 1 is 1.22 bits per heavy atom. The molecule has 0 radical (unpaired) electrons. The molecule has 4 atom stereocenters. The molecule has 0 aliphatic carbocycles. The summed E-state index contributed by atoms with van der Waals surface area (Å²) >= 11 is 5.80. The van der Waals surface area contributed by atoms with Crippen molar-refractivity contribution in [3.05, 3.63) is 41.2 Å². The molecule has 124 valence electrons. The first kappa shape index (κ1) is 16.2. The third-order valence-corrected chi connectivity index (χ3v) is 3.74. The Labute approximate surface area is 136 Å². The quantitative estimate of drug-likeness (QED) is 0.724. The fourth-order valence-electron chi connectivity index (χ4n) is 2.22. The van der Waals surface area contributed by atoms with Crippen LogP contribution in [-0.4, -0.2) is 55.2 Å². The predicted molar refractivity (Wildman–Crippen MR) is 78.8 cm³/mol. The van der Waals surface area contributed by atoms with Gasteiger partial charge in [-0.05, 0) is 24.3 Å². The lowest BCUT2D eigenvalue weighted by molar-refractivity contribution is -0.214. The average Bonchev–Trinajstić information content (AvgIpc) is 3.01. The summed E-state index contributed by atoms with van der Waals surface area (Å²) in [6.45, 7) is 0.0784. The average molecular weight is 342 g/mol. The molecule has 0 bridgehead atoms. The van der Waals surface area contributed by atoms with Crippen LogP contribution in [0.25, 0.3) is 0 Å². The van der Waals surface area contributed by atoms with Gasteiger partial charge in [-0.1, -0.05) is 16.8 Å². The summed E-state index contributed by atoms with van der Waals surface area (Å²) in [4.78, 5) is 0. The Morgan fingerprint density at radius 3 is 2.70 bits per heavy atom. The maximum absolute atomic E-state index is 9.94. The standard InChI is InChI=1S/C14H16ClN3O5/c15-8-1-3-10(4-2-8)22-6-9-5-18(17-16-9)14-13(21)12(20)11(19)7-23-14/h1-5,11-14,19-21H,6-7H2. The first-order valence-corrected chi connectivity index (χ1v) is 7.37. The van der Waals surface area contributed by atoms with Crippen LogP contribution in [0.1, 0.15) is 11.9 Å². The first-order valence-electron chi connectivity index (χ1n) is 6.99. The molecule has 1 aromatic heterocycles. The van der Waals surface area contributed by atoms with Gasteiger partial charge in [0.2, 0.25) is 0 Å². The molecular weight excluding hydrogens is 326 g/mol. The van der Waals surface area contributed by atoms with E-state index < -0.39 is 24.5 Å². The van der Waals surface area contributed by atoms with Gasteiger partial charge in [0, 0.05) is 5.02 Å². The predicted octanol–water partition coefficient (Wildman–Crippen LogP) is 0.122. The summed E-state index contributed by atoms with van der Waals surface area (Å²) < 4.78 is 12.1. The second kappa shape index (κ2) is 6.81. The summed E-state index contributed by atoms with van der Waals surface area (Å²) in [5.74, 6) is 0.636. The second-order valence-corrected chi connectivity index (χ2v) is 5.64. The van der Waals surface area contributed by atoms with Gasteiger partial charge >= 0.3 is 0 Å². The van der Waals surface area contributed by atoms with Gasteiger partial charge in [-0.2, -0.15) is 0 Å². The smallest absolute Gasteiger partial charge is 0.180 e. The molecule has 0 amide bonds. The molecule has 4 unspecified atom stereocenters. The molecule has 1 aromatic carbocycles. The number of aliphatic hydroxyl groups excluding tert-OH is 3. The zero-order valence-corrected chi connectivity index (χ0v) is 12.7. The van der Waals surface area contributed by atoms with Crippen LogP contribution in [0.4, 0.5) is 0 Å². The van der Waals surface area contributed by atoms with Crippen molar-refractivity contribution in [2.45, 2.75) is 31.1 Å². The molecule has 8 nitrogen and oxygen atoms in total. The third kappa shape index (κ3) is 3.62. The number of aliphatic hydroxyl groups is 3. The Kier molecular flexibility index (Phi) is 4.79. The van der Waals surface area contributed by atoms with Crippen LogP contribution in [0.5, 0.6) is 5.75 Å². The second-order valence-electron chi connectivity index (χ2n) is 5.20. The van der Waals surface area contributed by atoms with Crippen LogP contribution in [0.3, 0.4) is 0 Å². The zero-order chi connectivity index (χ0) is 16.4. The lowest BCUT2D eigenvalue weighted by Gasteiger charge is -2.34. The molecule has 2 aromatic rings. The van der Waals surface area contributed by atoms with E-state index in [1.165, 1.54) is 4.68 Å². The van der Waals surface area contributed by atoms with Crippen LogP contribution in [0.2, 0.25) is 5.02 Å². The largest absolute Gasteiger partial charge is 0.487 e. The molecule has 1 saturated heterocycles. The minimum absolute atomic E-state index is 0.0979. The van der Waals surface area contributed by atoms with E-state index in [0.29, 0.717) is 16.5 Å². The van der Waals surface area contributed by atoms with E-state index >= 15 is 0 Å². The molecule has 3 N–H and O–H groups in total. The normalized spacial score (nSPS) is 27.8. The summed E-state index contributed by atoms with van der Waals surface area (Å²) in [5, 5.41) is 37.5. The highest BCUT2D eigenvalue weighted by Gasteiger charge is 2.39. The number of ether oxygens (including phenoxy) is 2. The number of hydrogen-bond acceptors (Lipinski definition) is 7. The highest BCUT2D eigenvalue weighted by Crippen LogP contribution is 2.23. The maximum atomic E-state index is 9.94. The SMILES string of the molecule is OC1COC(n2cc(COc3ccc(Cl)cc3)nn2)C(O)C1O. The van der Waals surface area contributed by atoms with E-state index in [1.54, 1.807) is 30.5 Å². The van der Waals surface area contributed by atoms with Gasteiger partial charge in [-0.3, -0.25) is 0 Å². The van der Waals surface area contributed by atoms with Crippen molar-refractivity contribution in [1.29, 1.82) is 0 Å². The van der Waals surface area contributed by atoms with Gasteiger partial charge in [0.15, 0.2) is 6.23 Å². The number of aromatic nitrogens is 3. The fourth-order valence-corrected chi connectivity index (χ4v) is 2.34. The van der Waals surface area contributed by atoms with Crippen LogP contribution in [0.15, 0.2) is 30.5 Å². The van der Waals surface area contributed by atoms with Crippen molar-refractivity contribution in [3.8, 4) is 5.75 Å². The van der Waals surface area contributed by atoms with Crippen LogP contribution >= 0.6 is 11.6 Å². The Hall–Kier alpha value is -1.71. The number of hydrogen-bond donors (Lipinski definition) is 3. The third-order valence-electron chi connectivity index (χ3n) is 3.49. The van der Waals surface area contributed by atoms with E-state index in [4.69, 9.17) is 21.1 Å². The number of nitrogens with zero attached hydrogens (tertiary/aromatic N) is 3. The van der Waals surface area contributed by atoms with E-state index in [9.17, 15) is 15.3 Å². The number of halogens is 1. The van der Waals surface area contributed by atoms with Gasteiger partial charge in [0.1, 0.15) is 36.4 Å². The van der Waals surface area contributed by atoms with Crippen molar-refractivity contribution in [1.82, 2.24) is 15.0 Å². The van der Waals surface area contributed by atoms with Crippen molar-refractivity contribution in [2.24, 2.45) is 0 Å². The van der Waals surface area contributed by atoms with Crippen LogP contribution in [-0.2, 0) is 11.3 Å².